The van der Waals surface area contributed by atoms with Crippen LogP contribution >= 0.6 is 0 Å². The minimum absolute atomic E-state index is 0.00494. The van der Waals surface area contributed by atoms with Crippen LogP contribution in [-0.2, 0) is 12.8 Å². The molecule has 0 bridgehead atoms. The summed E-state index contributed by atoms with van der Waals surface area (Å²) in [5.74, 6) is 1.11. The van der Waals surface area contributed by atoms with E-state index < -0.39 is 0 Å². The van der Waals surface area contributed by atoms with E-state index in [1.54, 1.807) is 6.07 Å². The van der Waals surface area contributed by atoms with Crippen LogP contribution < -0.4 is 5.32 Å². The molecule has 6 heteroatoms. The van der Waals surface area contributed by atoms with Crippen molar-refractivity contribution in [3.63, 3.8) is 0 Å². The van der Waals surface area contributed by atoms with Crippen molar-refractivity contribution in [3.8, 4) is 11.4 Å². The van der Waals surface area contributed by atoms with Gasteiger partial charge in [0, 0.05) is 17.7 Å². The van der Waals surface area contributed by atoms with E-state index in [1.165, 1.54) is 5.56 Å². The molecule has 132 valence electrons. The Morgan fingerprint density at radius 3 is 2.92 bits per heavy atom. The molecule has 6 nitrogen and oxygen atoms in total. The molecule has 0 radical (unpaired) electrons. The fourth-order valence-corrected chi connectivity index (χ4v) is 3.32. The van der Waals surface area contributed by atoms with Crippen LogP contribution in [0.3, 0.4) is 0 Å². The van der Waals surface area contributed by atoms with Gasteiger partial charge in [0.2, 0.25) is 11.7 Å². The fourth-order valence-electron chi connectivity index (χ4n) is 3.32. The third-order valence-electron chi connectivity index (χ3n) is 4.68. The Labute approximate surface area is 151 Å². The first-order valence-electron chi connectivity index (χ1n) is 8.84. The van der Waals surface area contributed by atoms with Crippen LogP contribution in [0.4, 0.5) is 0 Å². The van der Waals surface area contributed by atoms with Gasteiger partial charge in [-0.05, 0) is 49.1 Å². The average Bonchev–Trinajstić information content (AvgIpc) is 3.28. The molecule has 0 fully saturated rings. The van der Waals surface area contributed by atoms with E-state index in [4.69, 9.17) is 4.52 Å². The highest BCUT2D eigenvalue weighted by Crippen LogP contribution is 2.33. The minimum atomic E-state index is -0.138. The standard InChI is InChI=1S/C20H20N4O2/c1-3-18-23-19(24-26-18)14-7-9-15-13(11-14)8-10-16(15)22-20(25)17-6-4-5-12(2)21-17/h4-7,9,11,16H,3,8,10H2,1-2H3,(H,22,25)/t16-/m1/s1. The molecule has 2 aromatic heterocycles. The first-order valence-corrected chi connectivity index (χ1v) is 8.84. The second-order valence-corrected chi connectivity index (χ2v) is 6.51. The maximum absolute atomic E-state index is 12.5. The second-order valence-electron chi connectivity index (χ2n) is 6.51. The highest BCUT2D eigenvalue weighted by atomic mass is 16.5. The van der Waals surface area contributed by atoms with E-state index >= 15 is 0 Å². The number of aryl methyl sites for hydroxylation is 3. The monoisotopic (exact) mass is 348 g/mol. The van der Waals surface area contributed by atoms with Gasteiger partial charge in [-0.25, -0.2) is 4.98 Å². The number of pyridine rings is 1. The number of rotatable bonds is 4. The molecule has 26 heavy (non-hydrogen) atoms. The molecule has 0 spiro atoms. The predicted molar refractivity (Wildman–Crippen MR) is 96.6 cm³/mol. The SMILES string of the molecule is CCc1nc(-c2ccc3c(c2)CC[C@H]3NC(=O)c2cccc(C)n2)no1. The number of amides is 1. The molecule has 1 aromatic carbocycles. The summed E-state index contributed by atoms with van der Waals surface area (Å²) in [4.78, 5) is 21.2. The van der Waals surface area contributed by atoms with Gasteiger partial charge >= 0.3 is 0 Å². The van der Waals surface area contributed by atoms with Crippen LogP contribution in [0.5, 0.6) is 0 Å². The third-order valence-corrected chi connectivity index (χ3v) is 4.68. The van der Waals surface area contributed by atoms with Gasteiger partial charge in [0.15, 0.2) is 0 Å². The molecule has 0 unspecified atom stereocenters. The van der Waals surface area contributed by atoms with Crippen molar-refractivity contribution >= 4 is 5.91 Å². The van der Waals surface area contributed by atoms with Crippen LogP contribution in [0.25, 0.3) is 11.4 Å². The molecule has 0 aliphatic heterocycles. The van der Waals surface area contributed by atoms with Crippen LogP contribution in [0.15, 0.2) is 40.9 Å². The van der Waals surface area contributed by atoms with Crippen molar-refractivity contribution in [3.05, 3.63) is 64.8 Å². The summed E-state index contributed by atoms with van der Waals surface area (Å²) in [6, 6.07) is 11.6. The van der Waals surface area contributed by atoms with E-state index in [0.29, 0.717) is 17.4 Å². The van der Waals surface area contributed by atoms with Gasteiger partial charge in [-0.2, -0.15) is 4.98 Å². The lowest BCUT2D eigenvalue weighted by Crippen LogP contribution is -2.28. The molecule has 1 amide bonds. The molecule has 2 heterocycles. The van der Waals surface area contributed by atoms with E-state index in [0.717, 1.165) is 36.1 Å². The quantitative estimate of drug-likeness (QED) is 0.781. The Bertz CT molecular complexity index is 964. The summed E-state index contributed by atoms with van der Waals surface area (Å²) in [6.45, 7) is 3.86. The predicted octanol–water partition coefficient (Wildman–Crippen LogP) is 3.42. The van der Waals surface area contributed by atoms with Gasteiger partial charge in [-0.1, -0.05) is 30.3 Å². The lowest BCUT2D eigenvalue weighted by molar-refractivity contribution is 0.0931. The van der Waals surface area contributed by atoms with E-state index in [2.05, 4.69) is 26.5 Å². The molecule has 1 aliphatic carbocycles. The summed E-state index contributed by atoms with van der Waals surface area (Å²) in [7, 11) is 0. The zero-order valence-corrected chi connectivity index (χ0v) is 14.8. The summed E-state index contributed by atoms with van der Waals surface area (Å²) in [5, 5.41) is 7.13. The third kappa shape index (κ3) is 3.10. The zero-order chi connectivity index (χ0) is 18.1. The van der Waals surface area contributed by atoms with Gasteiger partial charge < -0.3 is 9.84 Å². The maximum Gasteiger partial charge on any atom is 0.270 e. The van der Waals surface area contributed by atoms with Crippen LogP contribution in [-0.4, -0.2) is 21.0 Å². The molecule has 0 saturated carbocycles. The highest BCUT2D eigenvalue weighted by Gasteiger charge is 2.25. The zero-order valence-electron chi connectivity index (χ0n) is 14.8. The number of carbonyl (C=O) groups excluding carboxylic acids is 1. The number of fused-ring (bicyclic) bond motifs is 1. The maximum atomic E-state index is 12.5. The van der Waals surface area contributed by atoms with Crippen LogP contribution in [0.1, 0.15) is 52.6 Å². The van der Waals surface area contributed by atoms with Crippen molar-refractivity contribution in [1.82, 2.24) is 20.4 Å². The van der Waals surface area contributed by atoms with Gasteiger partial charge in [-0.15, -0.1) is 0 Å². The Balaban J connectivity index is 1.53. The smallest absolute Gasteiger partial charge is 0.270 e. The number of nitrogens with zero attached hydrogens (tertiary/aromatic N) is 3. The second kappa shape index (κ2) is 6.71. The Kier molecular flexibility index (Phi) is 4.24. The van der Waals surface area contributed by atoms with Gasteiger partial charge in [0.25, 0.3) is 5.91 Å². The lowest BCUT2D eigenvalue weighted by Gasteiger charge is -2.14. The molecular formula is C20H20N4O2. The molecule has 0 saturated heterocycles. The van der Waals surface area contributed by atoms with Crippen molar-refractivity contribution < 1.29 is 9.32 Å². The average molecular weight is 348 g/mol. The van der Waals surface area contributed by atoms with Gasteiger partial charge in [0.1, 0.15) is 5.69 Å². The van der Waals surface area contributed by atoms with E-state index in [-0.39, 0.29) is 11.9 Å². The summed E-state index contributed by atoms with van der Waals surface area (Å²) in [6.07, 6.45) is 2.51. The van der Waals surface area contributed by atoms with Crippen LogP contribution in [0.2, 0.25) is 0 Å². The van der Waals surface area contributed by atoms with E-state index in [9.17, 15) is 4.79 Å². The van der Waals surface area contributed by atoms with Gasteiger partial charge in [-0.3, -0.25) is 4.79 Å². The molecule has 1 aliphatic rings. The van der Waals surface area contributed by atoms with Crippen molar-refractivity contribution in [1.29, 1.82) is 0 Å². The Hall–Kier alpha value is -3.02. The molecule has 1 atom stereocenters. The van der Waals surface area contributed by atoms with Crippen LogP contribution in [0, 0.1) is 6.92 Å². The summed E-state index contributed by atoms with van der Waals surface area (Å²) < 4.78 is 5.19. The van der Waals surface area contributed by atoms with Gasteiger partial charge in [0.05, 0.1) is 6.04 Å². The fraction of sp³-hybridized carbons (Fsp3) is 0.300. The number of hydrogen-bond donors (Lipinski definition) is 1. The van der Waals surface area contributed by atoms with Crippen molar-refractivity contribution in [2.75, 3.05) is 0 Å². The topological polar surface area (TPSA) is 80.9 Å². The summed E-state index contributed by atoms with van der Waals surface area (Å²) >= 11 is 0. The van der Waals surface area contributed by atoms with Crippen molar-refractivity contribution in [2.45, 2.75) is 39.2 Å². The number of carbonyl (C=O) groups is 1. The van der Waals surface area contributed by atoms with E-state index in [1.807, 2.05) is 38.1 Å². The number of benzene rings is 1. The molecular weight excluding hydrogens is 328 g/mol. The summed E-state index contributed by atoms with van der Waals surface area (Å²) in [5.41, 5.74) is 4.59. The minimum Gasteiger partial charge on any atom is -0.344 e. The number of aromatic nitrogens is 3. The number of nitrogens with one attached hydrogen (secondary N) is 1. The highest BCUT2D eigenvalue weighted by molar-refractivity contribution is 5.92. The van der Waals surface area contributed by atoms with Crippen molar-refractivity contribution in [2.24, 2.45) is 0 Å². The normalized spacial score (nSPS) is 15.7. The Morgan fingerprint density at radius 1 is 1.27 bits per heavy atom. The first-order chi connectivity index (χ1) is 12.6. The molecule has 1 N–H and O–H groups in total. The number of hydrogen-bond acceptors (Lipinski definition) is 5. The largest absolute Gasteiger partial charge is 0.344 e. The molecule has 3 aromatic rings. The molecule has 4 rings (SSSR count). The lowest BCUT2D eigenvalue weighted by atomic mass is 10.0. The first kappa shape index (κ1) is 16.4. The Morgan fingerprint density at radius 2 is 2.15 bits per heavy atom.